The standard InChI is InChI=1S/C13H11F3N4OS/c1-6-7(2)22-12(8(6)5-17)18-11(21)9-4-10(13(14,15)16)19-20(9)3/h4H,1-3H3,(H,18,21). The number of hydrogen-bond donors (Lipinski definition) is 1. The van der Waals surface area contributed by atoms with Gasteiger partial charge in [0.05, 0.1) is 5.56 Å². The molecule has 0 spiro atoms. The van der Waals surface area contributed by atoms with E-state index in [1.54, 1.807) is 13.8 Å². The highest BCUT2D eigenvalue weighted by Gasteiger charge is 2.35. The van der Waals surface area contributed by atoms with E-state index in [1.807, 2.05) is 6.07 Å². The minimum atomic E-state index is -4.62. The molecule has 2 heterocycles. The van der Waals surface area contributed by atoms with Crippen molar-refractivity contribution in [3.05, 3.63) is 33.5 Å². The van der Waals surface area contributed by atoms with Gasteiger partial charge in [0.1, 0.15) is 16.8 Å². The third-order valence-electron chi connectivity index (χ3n) is 3.13. The van der Waals surface area contributed by atoms with Crippen LogP contribution in [0.1, 0.15) is 32.2 Å². The number of anilines is 1. The second kappa shape index (κ2) is 5.46. The number of rotatable bonds is 2. The van der Waals surface area contributed by atoms with Gasteiger partial charge in [-0.15, -0.1) is 11.3 Å². The summed E-state index contributed by atoms with van der Waals surface area (Å²) in [6, 6.07) is 2.65. The molecule has 0 saturated heterocycles. The maximum Gasteiger partial charge on any atom is 0.435 e. The minimum Gasteiger partial charge on any atom is -0.311 e. The number of carbonyl (C=O) groups is 1. The number of hydrogen-bond acceptors (Lipinski definition) is 4. The number of nitriles is 1. The maximum absolute atomic E-state index is 12.6. The van der Waals surface area contributed by atoms with Gasteiger partial charge < -0.3 is 5.32 Å². The molecule has 22 heavy (non-hydrogen) atoms. The lowest BCUT2D eigenvalue weighted by Crippen LogP contribution is -2.15. The Labute approximate surface area is 128 Å². The molecule has 1 N–H and O–H groups in total. The third kappa shape index (κ3) is 2.82. The lowest BCUT2D eigenvalue weighted by Gasteiger charge is -2.03. The smallest absolute Gasteiger partial charge is 0.311 e. The van der Waals surface area contributed by atoms with E-state index in [-0.39, 0.29) is 5.69 Å². The average molecular weight is 328 g/mol. The van der Waals surface area contributed by atoms with Gasteiger partial charge in [-0.2, -0.15) is 23.5 Å². The van der Waals surface area contributed by atoms with E-state index >= 15 is 0 Å². The van der Waals surface area contributed by atoms with Crippen LogP contribution in [0.3, 0.4) is 0 Å². The van der Waals surface area contributed by atoms with Crippen LogP contribution >= 0.6 is 11.3 Å². The van der Waals surface area contributed by atoms with Crippen molar-refractivity contribution in [2.24, 2.45) is 7.05 Å². The van der Waals surface area contributed by atoms with Crippen molar-refractivity contribution in [3.63, 3.8) is 0 Å². The van der Waals surface area contributed by atoms with E-state index in [0.717, 1.165) is 15.1 Å². The summed E-state index contributed by atoms with van der Waals surface area (Å²) >= 11 is 1.20. The van der Waals surface area contributed by atoms with Crippen molar-refractivity contribution in [1.29, 1.82) is 5.26 Å². The summed E-state index contributed by atoms with van der Waals surface area (Å²) in [4.78, 5) is 13.0. The van der Waals surface area contributed by atoms with Crippen LogP contribution in [0, 0.1) is 25.2 Å². The van der Waals surface area contributed by atoms with Gasteiger partial charge in [-0.1, -0.05) is 0 Å². The van der Waals surface area contributed by atoms with Crippen molar-refractivity contribution >= 4 is 22.2 Å². The second-order valence-electron chi connectivity index (χ2n) is 4.59. The predicted molar refractivity (Wildman–Crippen MR) is 74.7 cm³/mol. The molecule has 0 aliphatic carbocycles. The number of carbonyl (C=O) groups excluding carboxylic acids is 1. The number of alkyl halides is 3. The van der Waals surface area contributed by atoms with E-state index in [2.05, 4.69) is 10.4 Å². The zero-order chi connectivity index (χ0) is 16.7. The van der Waals surface area contributed by atoms with Gasteiger partial charge in [0.25, 0.3) is 5.91 Å². The van der Waals surface area contributed by atoms with Crippen molar-refractivity contribution < 1.29 is 18.0 Å². The molecule has 0 aliphatic rings. The Morgan fingerprint density at radius 1 is 1.45 bits per heavy atom. The highest BCUT2D eigenvalue weighted by Crippen LogP contribution is 2.32. The van der Waals surface area contributed by atoms with E-state index in [9.17, 15) is 18.0 Å². The molecule has 2 aromatic heterocycles. The Morgan fingerprint density at radius 2 is 2.09 bits per heavy atom. The van der Waals surface area contributed by atoms with Gasteiger partial charge in [0.2, 0.25) is 0 Å². The highest BCUT2D eigenvalue weighted by molar-refractivity contribution is 7.16. The molecular weight excluding hydrogens is 317 g/mol. The van der Waals surface area contributed by atoms with Gasteiger partial charge in [-0.3, -0.25) is 9.48 Å². The van der Waals surface area contributed by atoms with Gasteiger partial charge >= 0.3 is 6.18 Å². The minimum absolute atomic E-state index is 0.236. The van der Waals surface area contributed by atoms with Crippen LogP contribution in [0.2, 0.25) is 0 Å². The van der Waals surface area contributed by atoms with Crippen LogP contribution < -0.4 is 5.32 Å². The van der Waals surface area contributed by atoms with Crippen molar-refractivity contribution in [2.75, 3.05) is 5.32 Å². The lowest BCUT2D eigenvalue weighted by molar-refractivity contribution is -0.141. The first-order valence-electron chi connectivity index (χ1n) is 6.07. The SMILES string of the molecule is Cc1sc(NC(=O)c2cc(C(F)(F)F)nn2C)c(C#N)c1C. The van der Waals surface area contributed by atoms with Crippen molar-refractivity contribution in [2.45, 2.75) is 20.0 Å². The molecule has 0 atom stereocenters. The quantitative estimate of drug-likeness (QED) is 0.920. The number of aryl methyl sites for hydroxylation is 2. The van der Waals surface area contributed by atoms with Crippen LogP contribution in [0.25, 0.3) is 0 Å². The van der Waals surface area contributed by atoms with Crippen LogP contribution in [0.4, 0.5) is 18.2 Å². The summed E-state index contributed by atoms with van der Waals surface area (Å²) in [5.74, 6) is -0.747. The monoisotopic (exact) mass is 328 g/mol. The van der Waals surface area contributed by atoms with Gasteiger partial charge in [0.15, 0.2) is 5.69 Å². The van der Waals surface area contributed by atoms with Crippen LogP contribution in [-0.2, 0) is 13.2 Å². The molecule has 0 aromatic carbocycles. The molecule has 116 valence electrons. The average Bonchev–Trinajstić information content (AvgIpc) is 2.91. The van der Waals surface area contributed by atoms with Crippen molar-refractivity contribution in [1.82, 2.24) is 9.78 Å². The summed E-state index contributed by atoms with van der Waals surface area (Å²) in [6.45, 7) is 3.54. The molecule has 0 aliphatic heterocycles. The summed E-state index contributed by atoms with van der Waals surface area (Å²) in [5.41, 5.74) is -0.322. The molecule has 2 rings (SSSR count). The van der Waals surface area contributed by atoms with Gasteiger partial charge in [-0.25, -0.2) is 0 Å². The summed E-state index contributed by atoms with van der Waals surface area (Å²) < 4.78 is 38.7. The zero-order valence-corrected chi connectivity index (χ0v) is 12.7. The Morgan fingerprint density at radius 3 is 2.59 bits per heavy atom. The van der Waals surface area contributed by atoms with Crippen molar-refractivity contribution in [3.8, 4) is 6.07 Å². The fourth-order valence-corrected chi connectivity index (χ4v) is 2.84. The van der Waals surface area contributed by atoms with E-state index in [1.165, 1.54) is 18.4 Å². The van der Waals surface area contributed by atoms with Gasteiger partial charge in [-0.05, 0) is 19.4 Å². The van der Waals surface area contributed by atoms with E-state index in [0.29, 0.717) is 16.6 Å². The third-order valence-corrected chi connectivity index (χ3v) is 4.25. The topological polar surface area (TPSA) is 70.7 Å². The molecular formula is C13H11F3N4OS. The molecule has 5 nitrogen and oxygen atoms in total. The van der Waals surface area contributed by atoms with Crippen LogP contribution in [0.15, 0.2) is 6.07 Å². The number of halogens is 3. The number of amides is 1. The Kier molecular flexibility index (Phi) is 3.98. The number of nitrogens with zero attached hydrogens (tertiary/aromatic N) is 3. The molecule has 0 saturated carbocycles. The first-order valence-corrected chi connectivity index (χ1v) is 6.89. The first-order chi connectivity index (χ1) is 10.1. The molecule has 0 bridgehead atoms. The molecule has 0 radical (unpaired) electrons. The van der Waals surface area contributed by atoms with E-state index < -0.39 is 17.8 Å². The fraction of sp³-hybridized carbons (Fsp3) is 0.308. The molecule has 1 amide bonds. The Bertz CT molecular complexity index is 783. The fourth-order valence-electron chi connectivity index (χ4n) is 1.84. The molecule has 2 aromatic rings. The summed E-state index contributed by atoms with van der Waals surface area (Å²) in [7, 11) is 1.25. The first kappa shape index (κ1) is 16.0. The normalized spacial score (nSPS) is 11.3. The lowest BCUT2D eigenvalue weighted by atomic mass is 10.2. The summed E-state index contributed by atoms with van der Waals surface area (Å²) in [5, 5.41) is 15.2. The number of thiophene rings is 1. The summed E-state index contributed by atoms with van der Waals surface area (Å²) in [6.07, 6.45) is -4.62. The number of aromatic nitrogens is 2. The number of nitrogens with one attached hydrogen (secondary N) is 1. The molecule has 0 unspecified atom stereocenters. The zero-order valence-electron chi connectivity index (χ0n) is 11.9. The van der Waals surface area contributed by atoms with Gasteiger partial charge in [0, 0.05) is 18.0 Å². The van der Waals surface area contributed by atoms with E-state index in [4.69, 9.17) is 5.26 Å². The van der Waals surface area contributed by atoms with Crippen LogP contribution in [0.5, 0.6) is 0 Å². The second-order valence-corrected chi connectivity index (χ2v) is 5.81. The maximum atomic E-state index is 12.6. The Hall–Kier alpha value is -2.34. The Balaban J connectivity index is 2.33. The molecule has 0 fully saturated rings. The molecule has 9 heteroatoms. The van der Waals surface area contributed by atoms with Crippen LogP contribution in [-0.4, -0.2) is 15.7 Å². The highest BCUT2D eigenvalue weighted by atomic mass is 32.1. The predicted octanol–water partition coefficient (Wildman–Crippen LogP) is 3.24. The largest absolute Gasteiger partial charge is 0.435 e.